The Kier molecular flexibility index (Phi) is 3.41. The van der Waals surface area contributed by atoms with Crippen LogP contribution in [0.15, 0.2) is 49.7 Å². The number of nitrogens with zero attached hydrogens (tertiary/aromatic N) is 2. The standard InChI is InChI=1S/C15H16N2O3S/c1-8-12(14(18)19-4)13(11-6-5-7-20-11)17-9(2)10(3)21-15(17)16-8/h5-7,13H,1-4H3/t13-/m0/s1. The molecular weight excluding hydrogens is 288 g/mol. The van der Waals surface area contributed by atoms with Crippen molar-refractivity contribution in [1.82, 2.24) is 4.90 Å². The van der Waals surface area contributed by atoms with Gasteiger partial charge in [0.05, 0.1) is 24.6 Å². The van der Waals surface area contributed by atoms with E-state index in [1.165, 1.54) is 12.0 Å². The molecule has 2 aliphatic heterocycles. The lowest BCUT2D eigenvalue weighted by molar-refractivity contribution is -0.136. The summed E-state index contributed by atoms with van der Waals surface area (Å²) >= 11 is 1.61. The van der Waals surface area contributed by atoms with Crippen molar-refractivity contribution in [3.63, 3.8) is 0 Å². The molecule has 0 radical (unpaired) electrons. The largest absolute Gasteiger partial charge is 0.467 e. The van der Waals surface area contributed by atoms with Gasteiger partial charge in [-0.2, -0.15) is 0 Å². The molecule has 0 saturated heterocycles. The number of rotatable bonds is 2. The lowest BCUT2D eigenvalue weighted by Crippen LogP contribution is -2.35. The Morgan fingerprint density at radius 3 is 2.81 bits per heavy atom. The van der Waals surface area contributed by atoms with Gasteiger partial charge >= 0.3 is 5.97 Å². The predicted molar refractivity (Wildman–Crippen MR) is 81.4 cm³/mol. The highest BCUT2D eigenvalue weighted by molar-refractivity contribution is 8.17. The Morgan fingerprint density at radius 1 is 1.43 bits per heavy atom. The van der Waals surface area contributed by atoms with Gasteiger partial charge in [-0.3, -0.25) is 0 Å². The van der Waals surface area contributed by atoms with E-state index in [9.17, 15) is 4.79 Å². The van der Waals surface area contributed by atoms with Crippen molar-refractivity contribution in [3.05, 3.63) is 46.0 Å². The number of methoxy groups -OCH3 is 1. The number of furan rings is 1. The van der Waals surface area contributed by atoms with Crippen LogP contribution in [0.25, 0.3) is 0 Å². The number of fused-ring (bicyclic) bond motifs is 1. The Hall–Kier alpha value is -1.95. The Morgan fingerprint density at radius 2 is 2.19 bits per heavy atom. The molecule has 0 N–H and O–H groups in total. The monoisotopic (exact) mass is 304 g/mol. The molecule has 1 aromatic rings. The second-order valence-electron chi connectivity index (χ2n) is 4.92. The van der Waals surface area contributed by atoms with Crippen LogP contribution in [0.2, 0.25) is 0 Å². The van der Waals surface area contributed by atoms with E-state index in [2.05, 4.69) is 4.99 Å². The highest BCUT2D eigenvalue weighted by atomic mass is 32.2. The lowest BCUT2D eigenvalue weighted by Gasteiger charge is -2.33. The zero-order valence-electron chi connectivity index (χ0n) is 12.3. The minimum absolute atomic E-state index is 0.329. The Balaban J connectivity index is 2.18. The SMILES string of the molecule is COC(=O)C1=C(C)N=C2SC(C)=C(C)N2[C@H]1c1ccco1. The average molecular weight is 304 g/mol. The summed E-state index contributed by atoms with van der Waals surface area (Å²) in [7, 11) is 1.38. The highest BCUT2D eigenvalue weighted by Crippen LogP contribution is 2.46. The van der Waals surface area contributed by atoms with Crippen LogP contribution in [-0.4, -0.2) is 23.1 Å². The number of hydrogen-bond acceptors (Lipinski definition) is 6. The van der Waals surface area contributed by atoms with Gasteiger partial charge in [0.15, 0.2) is 5.17 Å². The zero-order chi connectivity index (χ0) is 15.1. The van der Waals surface area contributed by atoms with Crippen molar-refractivity contribution < 1.29 is 13.9 Å². The zero-order valence-corrected chi connectivity index (χ0v) is 13.2. The number of amidine groups is 1. The molecular formula is C15H16N2O3S. The summed E-state index contributed by atoms with van der Waals surface area (Å²) in [4.78, 5) is 20.0. The van der Waals surface area contributed by atoms with Gasteiger partial charge in [0.2, 0.25) is 0 Å². The van der Waals surface area contributed by atoms with Crippen LogP contribution in [0.4, 0.5) is 0 Å². The van der Waals surface area contributed by atoms with E-state index >= 15 is 0 Å². The molecule has 0 amide bonds. The molecule has 0 spiro atoms. The van der Waals surface area contributed by atoms with E-state index in [-0.39, 0.29) is 12.0 Å². The van der Waals surface area contributed by atoms with Crippen molar-refractivity contribution in [3.8, 4) is 0 Å². The lowest BCUT2D eigenvalue weighted by atomic mass is 9.99. The molecule has 3 rings (SSSR count). The summed E-state index contributed by atoms with van der Waals surface area (Å²) in [6, 6.07) is 3.36. The molecule has 0 saturated carbocycles. The summed E-state index contributed by atoms with van der Waals surface area (Å²) in [5.74, 6) is 0.329. The van der Waals surface area contributed by atoms with Crippen molar-refractivity contribution >= 4 is 22.9 Å². The first-order valence-corrected chi connectivity index (χ1v) is 7.42. The maximum absolute atomic E-state index is 12.2. The van der Waals surface area contributed by atoms with Crippen LogP contribution < -0.4 is 0 Å². The summed E-state index contributed by atoms with van der Waals surface area (Å²) in [6.07, 6.45) is 1.61. The predicted octanol–water partition coefficient (Wildman–Crippen LogP) is 3.44. The van der Waals surface area contributed by atoms with E-state index in [1.807, 2.05) is 37.8 Å². The number of aliphatic imine (C=N–C) groups is 1. The fourth-order valence-corrected chi connectivity index (χ4v) is 3.61. The molecule has 0 bridgehead atoms. The summed E-state index contributed by atoms with van der Waals surface area (Å²) in [5, 5.41) is 0.872. The molecule has 0 unspecified atom stereocenters. The molecule has 0 aliphatic carbocycles. The van der Waals surface area contributed by atoms with Crippen LogP contribution in [0.1, 0.15) is 32.6 Å². The molecule has 0 aromatic carbocycles. The average Bonchev–Trinajstić information content (AvgIpc) is 3.07. The maximum Gasteiger partial charge on any atom is 0.338 e. The molecule has 21 heavy (non-hydrogen) atoms. The number of carbonyl (C=O) groups is 1. The second kappa shape index (κ2) is 5.11. The van der Waals surface area contributed by atoms with Crippen molar-refractivity contribution in [1.29, 1.82) is 0 Å². The van der Waals surface area contributed by atoms with Gasteiger partial charge in [-0.05, 0) is 32.9 Å². The summed E-state index contributed by atoms with van der Waals surface area (Å²) < 4.78 is 10.5. The molecule has 1 atom stereocenters. The first-order chi connectivity index (χ1) is 10.0. The molecule has 6 heteroatoms. The van der Waals surface area contributed by atoms with Crippen LogP contribution in [-0.2, 0) is 9.53 Å². The van der Waals surface area contributed by atoms with Gasteiger partial charge in [0.1, 0.15) is 11.8 Å². The maximum atomic E-state index is 12.2. The number of hydrogen-bond donors (Lipinski definition) is 0. The minimum atomic E-state index is -0.376. The van der Waals surface area contributed by atoms with Gasteiger partial charge in [-0.15, -0.1) is 0 Å². The quantitative estimate of drug-likeness (QED) is 0.783. The molecule has 5 nitrogen and oxygen atoms in total. The van der Waals surface area contributed by atoms with Crippen LogP contribution in [0.5, 0.6) is 0 Å². The first-order valence-electron chi connectivity index (χ1n) is 6.60. The number of allylic oxidation sites excluding steroid dienone is 3. The Bertz CT molecular complexity index is 686. The molecule has 1 aromatic heterocycles. The number of carbonyl (C=O) groups excluding carboxylic acids is 1. The number of esters is 1. The van der Waals surface area contributed by atoms with E-state index < -0.39 is 0 Å². The molecule has 110 valence electrons. The van der Waals surface area contributed by atoms with Gasteiger partial charge < -0.3 is 14.1 Å². The molecule has 3 heterocycles. The van der Waals surface area contributed by atoms with Crippen LogP contribution in [0.3, 0.4) is 0 Å². The molecule has 0 fully saturated rings. The van der Waals surface area contributed by atoms with Crippen LogP contribution in [0, 0.1) is 0 Å². The van der Waals surface area contributed by atoms with Gasteiger partial charge in [0.25, 0.3) is 0 Å². The fraction of sp³-hybridized carbons (Fsp3) is 0.333. The van der Waals surface area contributed by atoms with E-state index in [1.54, 1.807) is 18.0 Å². The summed E-state index contributed by atoms with van der Waals surface area (Å²) in [5.41, 5.74) is 2.27. The third kappa shape index (κ3) is 2.10. The number of thioether (sulfide) groups is 1. The van der Waals surface area contributed by atoms with Gasteiger partial charge in [-0.25, -0.2) is 9.79 Å². The van der Waals surface area contributed by atoms with Gasteiger partial charge in [-0.1, -0.05) is 11.8 Å². The van der Waals surface area contributed by atoms with Crippen molar-refractivity contribution in [2.24, 2.45) is 4.99 Å². The highest BCUT2D eigenvalue weighted by Gasteiger charge is 2.42. The normalized spacial score (nSPS) is 21.6. The van der Waals surface area contributed by atoms with Crippen molar-refractivity contribution in [2.45, 2.75) is 26.8 Å². The molecule has 2 aliphatic rings. The third-order valence-corrected chi connectivity index (χ3v) is 4.80. The van der Waals surface area contributed by atoms with Crippen LogP contribution >= 0.6 is 11.8 Å². The van der Waals surface area contributed by atoms with E-state index in [4.69, 9.17) is 9.15 Å². The topological polar surface area (TPSA) is 55.0 Å². The first kappa shape index (κ1) is 14.0. The van der Waals surface area contributed by atoms with Crippen molar-refractivity contribution in [2.75, 3.05) is 7.11 Å². The Labute approximate surface area is 127 Å². The fourth-order valence-electron chi connectivity index (χ4n) is 2.57. The second-order valence-corrected chi connectivity index (χ2v) is 6.10. The van der Waals surface area contributed by atoms with E-state index in [0.29, 0.717) is 17.0 Å². The summed E-state index contributed by atoms with van der Waals surface area (Å²) in [6.45, 7) is 5.90. The smallest absolute Gasteiger partial charge is 0.338 e. The van der Waals surface area contributed by atoms with E-state index in [0.717, 1.165) is 10.9 Å². The number of ether oxygens (including phenoxy) is 1. The third-order valence-electron chi connectivity index (χ3n) is 3.72. The minimum Gasteiger partial charge on any atom is -0.467 e. The van der Waals surface area contributed by atoms with Gasteiger partial charge in [0, 0.05) is 10.6 Å².